The first-order valence-electron chi connectivity index (χ1n) is 9.45. The topological polar surface area (TPSA) is 126 Å². The van der Waals surface area contributed by atoms with Crippen LogP contribution in [-0.4, -0.2) is 72.3 Å². The lowest BCUT2D eigenvalue weighted by molar-refractivity contribution is -0.259. The Labute approximate surface area is 183 Å². The van der Waals surface area contributed by atoms with E-state index in [1.165, 1.54) is 12.1 Å². The van der Waals surface area contributed by atoms with E-state index in [9.17, 15) is 26.7 Å². The molecule has 0 saturated carbocycles. The van der Waals surface area contributed by atoms with E-state index in [4.69, 9.17) is 5.73 Å². The van der Waals surface area contributed by atoms with Crippen molar-refractivity contribution in [1.82, 2.24) is 19.9 Å². The molecule has 1 fully saturated rings. The van der Waals surface area contributed by atoms with Crippen LogP contribution in [0.4, 0.5) is 24.9 Å². The Morgan fingerprint density at radius 2 is 1.72 bits per heavy atom. The lowest BCUT2D eigenvalue weighted by Crippen LogP contribution is -2.47. The molecule has 0 spiro atoms. The Balaban J connectivity index is 1.56. The van der Waals surface area contributed by atoms with Crippen molar-refractivity contribution in [3.05, 3.63) is 36.3 Å². The van der Waals surface area contributed by atoms with Crippen molar-refractivity contribution in [3.8, 4) is 11.2 Å². The molecule has 1 aliphatic heterocycles. The van der Waals surface area contributed by atoms with Gasteiger partial charge in [0.25, 0.3) is 0 Å². The Bertz CT molecular complexity index is 1100. The number of rotatable bonds is 4. The number of sulfone groups is 1. The van der Waals surface area contributed by atoms with Gasteiger partial charge >= 0.3 is 6.18 Å². The highest BCUT2D eigenvalue weighted by Crippen LogP contribution is 2.38. The number of anilines is 2. The smallest absolute Gasteiger partial charge is 0.384 e. The Morgan fingerprint density at radius 3 is 2.25 bits per heavy atom. The van der Waals surface area contributed by atoms with Crippen LogP contribution in [0.1, 0.15) is 12.5 Å². The number of nitrogen functional groups attached to an aromatic ring is 1. The van der Waals surface area contributed by atoms with Crippen LogP contribution in [0.5, 0.6) is 0 Å². The molecule has 13 heteroatoms. The third-order valence-electron chi connectivity index (χ3n) is 4.99. The van der Waals surface area contributed by atoms with Gasteiger partial charge in [0.05, 0.1) is 11.4 Å². The summed E-state index contributed by atoms with van der Waals surface area (Å²) in [7, 11) is -3.80. The van der Waals surface area contributed by atoms with E-state index in [2.05, 4.69) is 26.1 Å². The molecular weight excluding hydrogens is 449 g/mol. The quantitative estimate of drug-likeness (QED) is 0.493. The molecule has 172 valence electrons. The summed E-state index contributed by atoms with van der Waals surface area (Å²) in [5.74, 6) is 3.10. The number of halogens is 3. The zero-order valence-corrected chi connectivity index (χ0v) is 17.9. The summed E-state index contributed by atoms with van der Waals surface area (Å²) in [6, 6.07) is 2.72. The number of aromatic nitrogens is 3. The largest absolute Gasteiger partial charge is 0.421 e. The second kappa shape index (κ2) is 8.89. The van der Waals surface area contributed by atoms with Gasteiger partial charge in [0.2, 0.25) is 15.8 Å². The first-order valence-corrected chi connectivity index (χ1v) is 10.9. The van der Waals surface area contributed by atoms with Gasteiger partial charge in [-0.3, -0.25) is 4.90 Å². The van der Waals surface area contributed by atoms with Crippen LogP contribution in [0.3, 0.4) is 0 Å². The molecule has 0 unspecified atom stereocenters. The lowest BCUT2D eigenvalue weighted by atomic mass is 9.99. The summed E-state index contributed by atoms with van der Waals surface area (Å²) in [5.41, 5.74) is 1.97. The summed E-state index contributed by atoms with van der Waals surface area (Å²) in [5, 5.41) is 12.0. The zero-order chi connectivity index (χ0) is 23.6. The summed E-state index contributed by atoms with van der Waals surface area (Å²) < 4.78 is 63.2. The third-order valence-corrected chi connectivity index (χ3v) is 6.26. The Morgan fingerprint density at radius 1 is 1.09 bits per heavy atom. The molecule has 3 N–H and O–H groups in total. The molecule has 0 radical (unpaired) electrons. The van der Waals surface area contributed by atoms with Gasteiger partial charge in [-0.15, -0.1) is 0 Å². The van der Waals surface area contributed by atoms with Crippen molar-refractivity contribution >= 4 is 21.6 Å². The van der Waals surface area contributed by atoms with Crippen molar-refractivity contribution in [1.29, 1.82) is 0 Å². The maximum atomic E-state index is 12.9. The average Bonchev–Trinajstić information content (AvgIpc) is 2.74. The molecule has 2 aromatic rings. The fourth-order valence-corrected chi connectivity index (χ4v) is 3.67. The minimum atomic E-state index is -4.84. The molecule has 3 heterocycles. The standard InChI is InChI=1S/C19H21F3N6O3S/c1-18(29,19(20,21)22)14-11-25-17(26-12-14)28-8-6-27(7-9-28)5-2-10-32(30,31)15-3-4-16(23)24-13-15/h3-4,11-13,29H,5-9H2,1H3,(H2,23,24)/t18-/m1/s1. The van der Waals surface area contributed by atoms with Gasteiger partial charge in [0, 0.05) is 55.6 Å². The van der Waals surface area contributed by atoms with Crippen molar-refractivity contribution in [2.45, 2.75) is 23.6 Å². The number of hydrogen-bond donors (Lipinski definition) is 2. The highest BCUT2D eigenvalue weighted by atomic mass is 32.2. The highest BCUT2D eigenvalue weighted by Gasteiger charge is 2.51. The van der Waals surface area contributed by atoms with Crippen LogP contribution in [0.2, 0.25) is 0 Å². The minimum absolute atomic E-state index is 0.0332. The van der Waals surface area contributed by atoms with Crippen molar-refractivity contribution in [2.24, 2.45) is 0 Å². The van der Waals surface area contributed by atoms with Gasteiger partial charge in [-0.2, -0.15) is 13.2 Å². The minimum Gasteiger partial charge on any atom is -0.384 e. The summed E-state index contributed by atoms with van der Waals surface area (Å²) in [6.45, 7) is 2.89. The number of piperazine rings is 1. The van der Waals surface area contributed by atoms with Crippen LogP contribution >= 0.6 is 0 Å². The SMILES string of the molecule is C[C@@](O)(c1cnc(N2CCN(CC#CS(=O)(=O)c3ccc(N)nc3)CC2)nc1)C(F)(F)F. The number of aliphatic hydroxyl groups is 1. The number of pyridine rings is 1. The zero-order valence-electron chi connectivity index (χ0n) is 17.0. The first-order chi connectivity index (χ1) is 14.9. The molecule has 2 aromatic heterocycles. The van der Waals surface area contributed by atoms with Crippen LogP contribution < -0.4 is 10.6 Å². The molecule has 1 saturated heterocycles. The van der Waals surface area contributed by atoms with Gasteiger partial charge in [-0.05, 0) is 19.1 Å². The highest BCUT2D eigenvalue weighted by molar-refractivity contribution is 7.96. The van der Waals surface area contributed by atoms with E-state index in [-0.39, 0.29) is 23.2 Å². The maximum absolute atomic E-state index is 12.9. The second-order valence-electron chi connectivity index (χ2n) is 7.31. The fraction of sp³-hybridized carbons (Fsp3) is 0.421. The monoisotopic (exact) mass is 470 g/mol. The number of alkyl halides is 3. The van der Waals surface area contributed by atoms with Gasteiger partial charge in [0.1, 0.15) is 5.82 Å². The van der Waals surface area contributed by atoms with Gasteiger partial charge < -0.3 is 15.7 Å². The van der Waals surface area contributed by atoms with Crippen molar-refractivity contribution in [3.63, 3.8) is 0 Å². The molecule has 0 amide bonds. The molecule has 32 heavy (non-hydrogen) atoms. The van der Waals surface area contributed by atoms with Gasteiger partial charge in [-0.1, -0.05) is 5.92 Å². The molecular formula is C19H21F3N6O3S. The summed E-state index contributed by atoms with van der Waals surface area (Å²) in [6.07, 6.45) is -1.77. The summed E-state index contributed by atoms with van der Waals surface area (Å²) >= 11 is 0. The first kappa shape index (κ1) is 23.7. The molecule has 1 aliphatic rings. The third kappa shape index (κ3) is 5.26. The van der Waals surface area contributed by atoms with E-state index in [1.807, 2.05) is 4.90 Å². The van der Waals surface area contributed by atoms with Gasteiger partial charge in [-0.25, -0.2) is 23.4 Å². The molecule has 9 nitrogen and oxygen atoms in total. The van der Waals surface area contributed by atoms with Crippen LogP contribution in [-0.2, 0) is 15.4 Å². The fourth-order valence-electron chi connectivity index (χ4n) is 2.85. The molecule has 0 aliphatic carbocycles. The second-order valence-corrected chi connectivity index (χ2v) is 8.99. The van der Waals surface area contributed by atoms with Crippen LogP contribution in [0, 0.1) is 11.2 Å². The Hall–Kier alpha value is -2.95. The van der Waals surface area contributed by atoms with E-state index < -0.39 is 27.2 Å². The van der Waals surface area contributed by atoms with E-state index in [1.54, 1.807) is 4.90 Å². The predicted octanol–water partition coefficient (Wildman–Crippen LogP) is 0.780. The van der Waals surface area contributed by atoms with Crippen molar-refractivity contribution in [2.75, 3.05) is 43.4 Å². The molecule has 3 rings (SSSR count). The average molecular weight is 470 g/mol. The van der Waals surface area contributed by atoms with E-state index in [0.717, 1.165) is 18.6 Å². The van der Waals surface area contributed by atoms with E-state index >= 15 is 0 Å². The lowest BCUT2D eigenvalue weighted by Gasteiger charge is -2.34. The molecule has 0 aromatic carbocycles. The number of hydrogen-bond acceptors (Lipinski definition) is 9. The van der Waals surface area contributed by atoms with E-state index in [0.29, 0.717) is 33.1 Å². The number of nitrogens with zero attached hydrogens (tertiary/aromatic N) is 5. The normalized spacial score (nSPS) is 17.3. The van der Waals surface area contributed by atoms with Gasteiger partial charge in [0.15, 0.2) is 5.60 Å². The maximum Gasteiger partial charge on any atom is 0.421 e. The number of nitrogens with two attached hydrogens (primary N) is 1. The molecule has 0 bridgehead atoms. The van der Waals surface area contributed by atoms with Crippen LogP contribution in [0.25, 0.3) is 0 Å². The Kier molecular flexibility index (Phi) is 6.59. The summed E-state index contributed by atoms with van der Waals surface area (Å²) in [4.78, 5) is 15.3. The van der Waals surface area contributed by atoms with Crippen molar-refractivity contribution < 1.29 is 26.7 Å². The van der Waals surface area contributed by atoms with Crippen LogP contribution in [0.15, 0.2) is 35.6 Å². The molecule has 1 atom stereocenters. The predicted molar refractivity (Wildman–Crippen MR) is 110 cm³/mol.